The number of pyridine rings is 1. The van der Waals surface area contributed by atoms with E-state index in [4.69, 9.17) is 4.74 Å². The molecule has 0 amide bonds. The highest BCUT2D eigenvalue weighted by molar-refractivity contribution is 5.21. The highest BCUT2D eigenvalue weighted by atomic mass is 16.5. The second kappa shape index (κ2) is 5.80. The van der Waals surface area contributed by atoms with Crippen LogP contribution in [0.2, 0.25) is 0 Å². The van der Waals surface area contributed by atoms with E-state index >= 15 is 0 Å². The highest BCUT2D eigenvalue weighted by Crippen LogP contribution is 2.35. The molecule has 0 saturated carbocycles. The molecular weight excluding hydrogens is 252 g/mol. The van der Waals surface area contributed by atoms with Crippen LogP contribution in [0.1, 0.15) is 36.8 Å². The van der Waals surface area contributed by atoms with Crippen LogP contribution in [0, 0.1) is 6.92 Å². The monoisotopic (exact) mass is 276 g/mol. The molecule has 0 bridgehead atoms. The molecule has 110 valence electrons. The fraction of sp³-hybridized carbons (Fsp3) is 0.688. The molecule has 3 rings (SSSR count). The molecule has 1 aromatic heterocycles. The maximum Gasteiger partial charge on any atom is 0.0964 e. The third kappa shape index (κ3) is 2.73. The number of aryl methyl sites for hydroxylation is 1. The fourth-order valence-corrected chi connectivity index (χ4v) is 3.40. The van der Waals surface area contributed by atoms with Crippen molar-refractivity contribution in [1.29, 1.82) is 0 Å². The Labute approximate surface area is 120 Å². The van der Waals surface area contributed by atoms with Crippen LogP contribution in [0.4, 0.5) is 0 Å². The summed E-state index contributed by atoms with van der Waals surface area (Å²) in [5.41, 5.74) is 2.34. The summed E-state index contributed by atoms with van der Waals surface area (Å²) in [7, 11) is 0. The molecule has 1 spiro atoms. The zero-order valence-corrected chi connectivity index (χ0v) is 12.2. The van der Waals surface area contributed by atoms with Crippen molar-refractivity contribution in [2.24, 2.45) is 0 Å². The number of aromatic nitrogens is 1. The summed E-state index contributed by atoms with van der Waals surface area (Å²) in [6.45, 7) is 5.89. The van der Waals surface area contributed by atoms with Gasteiger partial charge in [0, 0.05) is 38.6 Å². The molecule has 4 heteroatoms. The van der Waals surface area contributed by atoms with Gasteiger partial charge in [-0.05, 0) is 49.8 Å². The van der Waals surface area contributed by atoms with Gasteiger partial charge < -0.3 is 9.84 Å². The molecule has 1 aromatic rings. The molecule has 1 atom stereocenters. The largest absolute Gasteiger partial charge is 0.390 e. The molecule has 4 nitrogen and oxygen atoms in total. The maximum absolute atomic E-state index is 10.3. The van der Waals surface area contributed by atoms with Crippen LogP contribution < -0.4 is 0 Å². The van der Waals surface area contributed by atoms with E-state index < -0.39 is 0 Å². The normalized spacial score (nSPS) is 26.8. The molecule has 1 unspecified atom stereocenters. The summed E-state index contributed by atoms with van der Waals surface area (Å²) in [5, 5.41) is 10.3. The standard InChI is InChI=1S/C16H24N2O2/c1-13-11-17-7-4-14(13)12-18-8-5-16(6-9-18)15(19)3-2-10-20-16/h4,7,11,15,19H,2-3,5-6,8-10,12H2,1H3. The van der Waals surface area contributed by atoms with Crippen LogP contribution in [0.15, 0.2) is 18.5 Å². The quantitative estimate of drug-likeness (QED) is 0.896. The number of nitrogens with zero attached hydrogens (tertiary/aromatic N) is 2. The SMILES string of the molecule is Cc1cnccc1CN1CCC2(CC1)OCCCC2O. The molecule has 2 saturated heterocycles. The van der Waals surface area contributed by atoms with Crippen LogP contribution >= 0.6 is 0 Å². The van der Waals surface area contributed by atoms with Crippen LogP contribution in [-0.2, 0) is 11.3 Å². The lowest BCUT2D eigenvalue weighted by atomic mass is 9.82. The molecule has 20 heavy (non-hydrogen) atoms. The van der Waals surface area contributed by atoms with Gasteiger partial charge in [0.1, 0.15) is 0 Å². The number of aliphatic hydroxyl groups excluding tert-OH is 1. The summed E-state index contributed by atoms with van der Waals surface area (Å²) < 4.78 is 5.95. The Hall–Kier alpha value is -0.970. The zero-order chi connectivity index (χ0) is 14.0. The van der Waals surface area contributed by atoms with E-state index in [0.29, 0.717) is 0 Å². The van der Waals surface area contributed by atoms with E-state index in [2.05, 4.69) is 22.9 Å². The van der Waals surface area contributed by atoms with Gasteiger partial charge in [-0.3, -0.25) is 9.88 Å². The average molecular weight is 276 g/mol. The number of hydrogen-bond acceptors (Lipinski definition) is 4. The minimum absolute atomic E-state index is 0.262. The number of piperidine rings is 1. The van der Waals surface area contributed by atoms with Crippen molar-refractivity contribution in [1.82, 2.24) is 9.88 Å². The summed E-state index contributed by atoms with van der Waals surface area (Å²) in [6.07, 6.45) is 7.28. The third-order valence-electron chi connectivity index (χ3n) is 4.85. The van der Waals surface area contributed by atoms with Crippen molar-refractivity contribution in [2.45, 2.75) is 50.9 Å². The highest BCUT2D eigenvalue weighted by Gasteiger charge is 2.43. The minimum Gasteiger partial charge on any atom is -0.390 e. The molecular formula is C16H24N2O2. The Bertz CT molecular complexity index is 456. The third-order valence-corrected chi connectivity index (χ3v) is 4.85. The lowest BCUT2D eigenvalue weighted by Crippen LogP contribution is -2.55. The van der Waals surface area contributed by atoms with E-state index in [-0.39, 0.29) is 11.7 Å². The van der Waals surface area contributed by atoms with Crippen molar-refractivity contribution >= 4 is 0 Å². The van der Waals surface area contributed by atoms with E-state index in [1.165, 1.54) is 11.1 Å². The number of ether oxygens (including phenoxy) is 1. The van der Waals surface area contributed by atoms with Gasteiger partial charge in [0.2, 0.25) is 0 Å². The summed E-state index contributed by atoms with van der Waals surface area (Å²) >= 11 is 0. The lowest BCUT2D eigenvalue weighted by molar-refractivity contribution is -0.177. The average Bonchev–Trinajstić information content (AvgIpc) is 2.47. The Morgan fingerprint density at radius 1 is 1.45 bits per heavy atom. The van der Waals surface area contributed by atoms with Crippen LogP contribution in [0.3, 0.4) is 0 Å². The van der Waals surface area contributed by atoms with E-state index in [1.54, 1.807) is 0 Å². The molecule has 0 aromatic carbocycles. The van der Waals surface area contributed by atoms with Gasteiger partial charge in [-0.1, -0.05) is 0 Å². The first kappa shape index (κ1) is 14.0. The first-order valence-electron chi connectivity index (χ1n) is 7.63. The van der Waals surface area contributed by atoms with Crippen LogP contribution in [-0.4, -0.2) is 46.4 Å². The Kier molecular flexibility index (Phi) is 4.06. The van der Waals surface area contributed by atoms with Crippen molar-refractivity contribution in [3.63, 3.8) is 0 Å². The van der Waals surface area contributed by atoms with Crippen LogP contribution in [0.5, 0.6) is 0 Å². The lowest BCUT2D eigenvalue weighted by Gasteiger charge is -2.46. The summed E-state index contributed by atoms with van der Waals surface area (Å²) in [4.78, 5) is 6.60. The maximum atomic E-state index is 10.3. The first-order valence-corrected chi connectivity index (χ1v) is 7.63. The van der Waals surface area contributed by atoms with Gasteiger partial charge in [-0.2, -0.15) is 0 Å². The fourth-order valence-electron chi connectivity index (χ4n) is 3.40. The van der Waals surface area contributed by atoms with Crippen molar-refractivity contribution in [3.8, 4) is 0 Å². The number of rotatable bonds is 2. The smallest absolute Gasteiger partial charge is 0.0964 e. The van der Waals surface area contributed by atoms with Crippen molar-refractivity contribution in [2.75, 3.05) is 19.7 Å². The predicted molar refractivity (Wildman–Crippen MR) is 77.4 cm³/mol. The molecule has 2 fully saturated rings. The van der Waals surface area contributed by atoms with E-state index in [9.17, 15) is 5.11 Å². The Morgan fingerprint density at radius 2 is 2.25 bits per heavy atom. The molecule has 0 radical (unpaired) electrons. The molecule has 3 heterocycles. The number of likely N-dealkylation sites (tertiary alicyclic amines) is 1. The molecule has 1 N–H and O–H groups in total. The van der Waals surface area contributed by atoms with Crippen molar-refractivity contribution in [3.05, 3.63) is 29.6 Å². The molecule has 0 aliphatic carbocycles. The molecule has 2 aliphatic rings. The Balaban J connectivity index is 1.60. The van der Waals surface area contributed by atoms with Gasteiger partial charge >= 0.3 is 0 Å². The van der Waals surface area contributed by atoms with Gasteiger partial charge in [0.25, 0.3) is 0 Å². The van der Waals surface area contributed by atoms with Gasteiger partial charge in [0.05, 0.1) is 11.7 Å². The number of hydrogen-bond donors (Lipinski definition) is 1. The van der Waals surface area contributed by atoms with E-state index in [0.717, 1.165) is 51.9 Å². The Morgan fingerprint density at radius 3 is 2.95 bits per heavy atom. The topological polar surface area (TPSA) is 45.6 Å². The second-order valence-corrected chi connectivity index (χ2v) is 6.15. The predicted octanol–water partition coefficient (Wildman–Crippen LogP) is 1.90. The first-order chi connectivity index (χ1) is 9.70. The second-order valence-electron chi connectivity index (χ2n) is 6.15. The molecule has 2 aliphatic heterocycles. The van der Waals surface area contributed by atoms with Gasteiger partial charge in [-0.25, -0.2) is 0 Å². The summed E-state index contributed by atoms with van der Waals surface area (Å²) in [5.74, 6) is 0. The van der Waals surface area contributed by atoms with Crippen molar-refractivity contribution < 1.29 is 9.84 Å². The van der Waals surface area contributed by atoms with Crippen LogP contribution in [0.25, 0.3) is 0 Å². The zero-order valence-electron chi connectivity index (χ0n) is 12.2. The summed E-state index contributed by atoms with van der Waals surface area (Å²) in [6, 6.07) is 2.10. The number of aliphatic hydroxyl groups is 1. The van der Waals surface area contributed by atoms with Gasteiger partial charge in [0.15, 0.2) is 0 Å². The minimum atomic E-state index is -0.277. The van der Waals surface area contributed by atoms with Gasteiger partial charge in [-0.15, -0.1) is 0 Å². The van der Waals surface area contributed by atoms with E-state index in [1.807, 2.05) is 12.4 Å².